The predicted octanol–water partition coefficient (Wildman–Crippen LogP) is 2.01. The fourth-order valence-corrected chi connectivity index (χ4v) is 3.25. The smallest absolute Gasteiger partial charge is 0.267 e. The Morgan fingerprint density at radius 1 is 1.18 bits per heavy atom. The van der Waals surface area contributed by atoms with Crippen LogP contribution in [0.5, 0.6) is 0 Å². The molecule has 2 N–H and O–H groups in total. The van der Waals surface area contributed by atoms with E-state index in [4.69, 9.17) is 0 Å². The normalized spacial score (nSPS) is 21.0. The molecule has 1 saturated heterocycles. The number of anilines is 1. The molecule has 2 amide bonds. The van der Waals surface area contributed by atoms with Crippen LogP contribution in [0.15, 0.2) is 53.6 Å². The van der Waals surface area contributed by atoms with Crippen molar-refractivity contribution in [1.29, 1.82) is 0 Å². The van der Waals surface area contributed by atoms with Gasteiger partial charge >= 0.3 is 0 Å². The number of carbonyl (C=O) groups excluding carboxylic acids is 2. The van der Waals surface area contributed by atoms with Crippen LogP contribution >= 0.6 is 0 Å². The fraction of sp³-hybridized carbons (Fsp3) is 0.211. The summed E-state index contributed by atoms with van der Waals surface area (Å²) in [5.41, 5.74) is 4.04. The first-order chi connectivity index (χ1) is 13.5. The lowest BCUT2D eigenvalue weighted by molar-refractivity contribution is -0.139. The molecule has 2 unspecified atom stereocenters. The van der Waals surface area contributed by atoms with Crippen molar-refractivity contribution in [3.8, 4) is 0 Å². The number of nitrogens with one attached hydrogen (secondary N) is 2. The zero-order chi connectivity index (χ0) is 19.7. The van der Waals surface area contributed by atoms with Gasteiger partial charge < -0.3 is 5.32 Å². The lowest BCUT2D eigenvalue weighted by Crippen LogP contribution is -2.52. The maximum absolute atomic E-state index is 13.6. The monoisotopic (exact) mass is 385 g/mol. The van der Waals surface area contributed by atoms with E-state index in [1.165, 1.54) is 36.7 Å². The number of benzene rings is 2. The Morgan fingerprint density at radius 2 is 1.93 bits per heavy atom. The van der Waals surface area contributed by atoms with Crippen molar-refractivity contribution >= 4 is 23.8 Å². The summed E-state index contributed by atoms with van der Waals surface area (Å²) in [6.07, 6.45) is 1.88. The highest BCUT2D eigenvalue weighted by Crippen LogP contribution is 2.29. The molecule has 2 aromatic rings. The van der Waals surface area contributed by atoms with Crippen LogP contribution in [0.3, 0.4) is 0 Å². The van der Waals surface area contributed by atoms with Crippen molar-refractivity contribution in [2.24, 2.45) is 5.10 Å². The van der Waals surface area contributed by atoms with Crippen LogP contribution in [0.4, 0.5) is 14.5 Å². The number of nitrogens with zero attached hydrogens (tertiary/aromatic N) is 3. The zero-order valence-corrected chi connectivity index (χ0v) is 14.7. The Labute approximate surface area is 159 Å². The number of carbonyl (C=O) groups is 2. The third-order valence-corrected chi connectivity index (χ3v) is 4.67. The van der Waals surface area contributed by atoms with Gasteiger partial charge in [0.1, 0.15) is 30.6 Å². The van der Waals surface area contributed by atoms with Crippen molar-refractivity contribution < 1.29 is 18.4 Å². The van der Waals surface area contributed by atoms with Gasteiger partial charge in [-0.2, -0.15) is 5.10 Å². The maximum atomic E-state index is 13.6. The summed E-state index contributed by atoms with van der Waals surface area (Å²) in [7, 11) is 0. The van der Waals surface area contributed by atoms with E-state index in [1.54, 1.807) is 23.2 Å². The summed E-state index contributed by atoms with van der Waals surface area (Å²) < 4.78 is 26.8. The third kappa shape index (κ3) is 3.56. The first-order valence-corrected chi connectivity index (χ1v) is 8.71. The molecule has 0 aliphatic carbocycles. The molecular formula is C19H17F2N5O2. The highest BCUT2D eigenvalue weighted by Gasteiger charge is 2.41. The lowest BCUT2D eigenvalue weighted by atomic mass is 10.0. The largest absolute Gasteiger partial charge is 0.322 e. The molecule has 9 heteroatoms. The molecule has 2 aromatic carbocycles. The number of hydrogen-bond donors (Lipinski definition) is 2. The van der Waals surface area contributed by atoms with Crippen molar-refractivity contribution in [2.45, 2.75) is 18.5 Å². The number of rotatable bonds is 4. The van der Waals surface area contributed by atoms with Gasteiger partial charge in [0.05, 0.1) is 11.7 Å². The number of amides is 2. The van der Waals surface area contributed by atoms with Gasteiger partial charge in [0, 0.05) is 0 Å². The Hall–Kier alpha value is -3.33. The minimum atomic E-state index is -0.558. The first-order valence-electron chi connectivity index (χ1n) is 8.71. The van der Waals surface area contributed by atoms with Crippen molar-refractivity contribution in [3.63, 3.8) is 0 Å². The number of para-hydroxylation sites is 1. The quantitative estimate of drug-likeness (QED) is 0.844. The maximum Gasteiger partial charge on any atom is 0.267 e. The van der Waals surface area contributed by atoms with E-state index < -0.39 is 17.8 Å². The molecule has 0 aromatic heterocycles. The van der Waals surface area contributed by atoms with Crippen molar-refractivity contribution in [3.05, 3.63) is 65.7 Å². The summed E-state index contributed by atoms with van der Waals surface area (Å²) >= 11 is 0. The average molecular weight is 385 g/mol. The van der Waals surface area contributed by atoms with Crippen molar-refractivity contribution in [2.75, 3.05) is 11.9 Å². The molecule has 2 aliphatic heterocycles. The predicted molar refractivity (Wildman–Crippen MR) is 97.8 cm³/mol. The molecule has 2 atom stereocenters. The number of hydrazine groups is 1. The minimum absolute atomic E-state index is 0.0430. The molecule has 0 spiro atoms. The second-order valence-electron chi connectivity index (χ2n) is 6.55. The van der Waals surface area contributed by atoms with Crippen LogP contribution in [0.25, 0.3) is 0 Å². The SMILES string of the molecule is O=C(CN1N=CN2NC(c3ccc(F)cc3)CC2C1=O)Nc1ccccc1F. The van der Waals surface area contributed by atoms with E-state index in [-0.39, 0.29) is 30.0 Å². The topological polar surface area (TPSA) is 77.0 Å². The van der Waals surface area contributed by atoms with E-state index in [0.29, 0.717) is 6.42 Å². The van der Waals surface area contributed by atoms with E-state index in [0.717, 1.165) is 10.6 Å². The number of hydrazone groups is 1. The lowest BCUT2D eigenvalue weighted by Gasteiger charge is -2.29. The average Bonchev–Trinajstić information content (AvgIpc) is 3.12. The van der Waals surface area contributed by atoms with Gasteiger partial charge in [-0.05, 0) is 36.2 Å². The second-order valence-corrected chi connectivity index (χ2v) is 6.55. The molecule has 2 aliphatic rings. The molecule has 4 rings (SSSR count). The molecule has 1 fully saturated rings. The number of halogens is 2. The summed E-state index contributed by atoms with van der Waals surface area (Å²) in [6, 6.07) is 11.1. The van der Waals surface area contributed by atoms with Crippen LogP contribution < -0.4 is 10.7 Å². The molecule has 28 heavy (non-hydrogen) atoms. The Morgan fingerprint density at radius 3 is 2.68 bits per heavy atom. The molecular weight excluding hydrogens is 368 g/mol. The van der Waals surface area contributed by atoms with Crippen LogP contribution in [0.1, 0.15) is 18.0 Å². The highest BCUT2D eigenvalue weighted by molar-refractivity contribution is 5.96. The minimum Gasteiger partial charge on any atom is -0.322 e. The molecule has 144 valence electrons. The van der Waals surface area contributed by atoms with Crippen LogP contribution in [-0.4, -0.2) is 40.8 Å². The fourth-order valence-electron chi connectivity index (χ4n) is 3.25. The van der Waals surface area contributed by atoms with Gasteiger partial charge in [-0.15, -0.1) is 0 Å². The Bertz CT molecular complexity index is 934. The Kier molecular flexibility index (Phi) is 4.74. The van der Waals surface area contributed by atoms with Gasteiger partial charge in [-0.25, -0.2) is 19.2 Å². The second kappa shape index (κ2) is 7.35. The van der Waals surface area contributed by atoms with Gasteiger partial charge in [-0.3, -0.25) is 14.6 Å². The van der Waals surface area contributed by atoms with Crippen LogP contribution in [0.2, 0.25) is 0 Å². The molecule has 0 bridgehead atoms. The summed E-state index contributed by atoms with van der Waals surface area (Å²) in [5.74, 6) is -1.78. The standard InChI is InChI=1S/C19H17F2N5O2/c20-13-7-5-12(6-8-13)16-9-17-19(28)25(22-11-26(17)24-16)10-18(27)23-15-4-2-1-3-14(15)21/h1-8,11,16-17,24H,9-10H2,(H,23,27). The highest BCUT2D eigenvalue weighted by atomic mass is 19.1. The zero-order valence-electron chi connectivity index (χ0n) is 14.7. The van der Waals surface area contributed by atoms with Gasteiger partial charge in [0.2, 0.25) is 5.91 Å². The number of hydrogen-bond acceptors (Lipinski definition) is 5. The summed E-state index contributed by atoms with van der Waals surface area (Å²) in [4.78, 5) is 24.9. The summed E-state index contributed by atoms with van der Waals surface area (Å²) in [5, 5.41) is 9.08. The van der Waals surface area contributed by atoms with Crippen molar-refractivity contribution in [1.82, 2.24) is 15.4 Å². The van der Waals surface area contributed by atoms with E-state index in [9.17, 15) is 18.4 Å². The Balaban J connectivity index is 1.40. The molecule has 2 heterocycles. The molecule has 0 radical (unpaired) electrons. The molecule has 7 nitrogen and oxygen atoms in total. The van der Waals surface area contributed by atoms with Crippen LogP contribution in [-0.2, 0) is 9.59 Å². The van der Waals surface area contributed by atoms with E-state index >= 15 is 0 Å². The van der Waals surface area contributed by atoms with Gasteiger partial charge in [-0.1, -0.05) is 24.3 Å². The first kappa shape index (κ1) is 18.1. The third-order valence-electron chi connectivity index (χ3n) is 4.67. The van der Waals surface area contributed by atoms with Crippen LogP contribution in [0, 0.1) is 11.6 Å². The summed E-state index contributed by atoms with van der Waals surface area (Å²) in [6.45, 7) is -0.324. The van der Waals surface area contributed by atoms with Gasteiger partial charge in [0.25, 0.3) is 5.91 Å². The number of fused-ring (bicyclic) bond motifs is 1. The molecule has 0 saturated carbocycles. The van der Waals surface area contributed by atoms with Gasteiger partial charge in [0.15, 0.2) is 0 Å². The van der Waals surface area contributed by atoms with E-state index in [1.807, 2.05) is 0 Å². The van der Waals surface area contributed by atoms with E-state index in [2.05, 4.69) is 15.8 Å².